The first kappa shape index (κ1) is 13.7. The Balaban J connectivity index is 1.67. The van der Waals surface area contributed by atoms with Gasteiger partial charge in [0, 0.05) is 5.92 Å². The van der Waals surface area contributed by atoms with Gasteiger partial charge in [-0.1, -0.05) is 0 Å². The van der Waals surface area contributed by atoms with E-state index in [1.807, 2.05) is 0 Å². The van der Waals surface area contributed by atoms with Crippen molar-refractivity contribution < 1.29 is 19.2 Å². The zero-order valence-electron chi connectivity index (χ0n) is 11.0. The second kappa shape index (κ2) is 5.28. The molecule has 0 unspecified atom stereocenters. The zero-order valence-corrected chi connectivity index (χ0v) is 11.9. The van der Waals surface area contributed by atoms with Crippen molar-refractivity contribution in [1.82, 2.24) is 10.2 Å². The minimum atomic E-state index is -0.488. The number of piperazine rings is 1. The van der Waals surface area contributed by atoms with E-state index in [1.54, 1.807) is 12.1 Å². The van der Waals surface area contributed by atoms with Gasteiger partial charge in [-0.15, -0.1) is 11.3 Å². The highest BCUT2D eigenvalue weighted by molar-refractivity contribution is 7.18. The molecule has 1 saturated heterocycles. The fourth-order valence-electron chi connectivity index (χ4n) is 2.03. The van der Waals surface area contributed by atoms with Gasteiger partial charge in [0.15, 0.2) is 0 Å². The molecule has 2 aliphatic rings. The molecule has 1 aromatic heterocycles. The Morgan fingerprint density at radius 3 is 2.48 bits per heavy atom. The summed E-state index contributed by atoms with van der Waals surface area (Å²) >= 11 is 1.14. The normalized spacial score (nSPS) is 18.4. The first-order valence-electron chi connectivity index (χ1n) is 6.55. The number of hydrogen-bond acceptors (Lipinski definition) is 5. The Hall–Kier alpha value is -2.22. The van der Waals surface area contributed by atoms with Gasteiger partial charge in [-0.25, -0.2) is 0 Å². The summed E-state index contributed by atoms with van der Waals surface area (Å²) in [6.45, 7) is -0.265. The molecule has 4 amide bonds. The summed E-state index contributed by atoms with van der Waals surface area (Å²) in [7, 11) is 0. The monoisotopic (exact) mass is 307 g/mol. The van der Waals surface area contributed by atoms with Crippen molar-refractivity contribution in [2.75, 3.05) is 18.4 Å². The van der Waals surface area contributed by atoms with E-state index in [0.29, 0.717) is 9.88 Å². The lowest BCUT2D eigenvalue weighted by molar-refractivity contribution is -0.135. The van der Waals surface area contributed by atoms with Crippen molar-refractivity contribution in [3.8, 4) is 0 Å². The van der Waals surface area contributed by atoms with Gasteiger partial charge in [0.25, 0.3) is 5.91 Å². The minimum absolute atomic E-state index is 0.0247. The van der Waals surface area contributed by atoms with Gasteiger partial charge in [0.05, 0.1) is 9.88 Å². The van der Waals surface area contributed by atoms with Gasteiger partial charge in [-0.3, -0.25) is 24.5 Å². The highest BCUT2D eigenvalue weighted by atomic mass is 32.1. The van der Waals surface area contributed by atoms with E-state index in [2.05, 4.69) is 10.6 Å². The van der Waals surface area contributed by atoms with Crippen LogP contribution in [0.4, 0.5) is 5.00 Å². The summed E-state index contributed by atoms with van der Waals surface area (Å²) in [6, 6.07) is 3.25. The summed E-state index contributed by atoms with van der Waals surface area (Å²) < 4.78 is 0. The molecule has 2 heterocycles. The summed E-state index contributed by atoms with van der Waals surface area (Å²) in [5, 5.41) is 5.50. The second-order valence-corrected chi connectivity index (χ2v) is 6.14. The third kappa shape index (κ3) is 3.10. The topological polar surface area (TPSA) is 95.6 Å². The Morgan fingerprint density at radius 1 is 1.19 bits per heavy atom. The average molecular weight is 307 g/mol. The van der Waals surface area contributed by atoms with Crippen molar-refractivity contribution in [3.63, 3.8) is 0 Å². The minimum Gasteiger partial charge on any atom is -0.319 e. The molecule has 2 fully saturated rings. The van der Waals surface area contributed by atoms with Gasteiger partial charge in [0.2, 0.25) is 17.7 Å². The van der Waals surface area contributed by atoms with Crippen LogP contribution in [0.25, 0.3) is 0 Å². The molecule has 8 heteroatoms. The number of hydrogen-bond donors (Lipinski definition) is 2. The molecule has 0 atom stereocenters. The Kier molecular flexibility index (Phi) is 3.46. The molecule has 110 valence electrons. The third-order valence-corrected chi connectivity index (χ3v) is 4.23. The molecule has 1 aromatic rings. The number of nitrogens with one attached hydrogen (secondary N) is 2. The van der Waals surface area contributed by atoms with E-state index >= 15 is 0 Å². The van der Waals surface area contributed by atoms with Gasteiger partial charge in [0.1, 0.15) is 13.1 Å². The maximum Gasteiger partial charge on any atom is 0.264 e. The SMILES string of the molecule is O=C1CN(C(=O)c2ccc(NC(=O)C3CC3)s2)CC(=O)N1. The molecule has 0 spiro atoms. The predicted molar refractivity (Wildman–Crippen MR) is 74.7 cm³/mol. The van der Waals surface area contributed by atoms with E-state index in [4.69, 9.17) is 0 Å². The summed E-state index contributed by atoms with van der Waals surface area (Å²) in [5.74, 6) is -1.29. The van der Waals surface area contributed by atoms with E-state index in [1.165, 1.54) is 4.90 Å². The Bertz CT molecular complexity index is 619. The largest absolute Gasteiger partial charge is 0.319 e. The molecule has 1 aliphatic heterocycles. The van der Waals surface area contributed by atoms with Gasteiger partial charge >= 0.3 is 0 Å². The van der Waals surface area contributed by atoms with E-state index in [-0.39, 0.29) is 30.8 Å². The van der Waals surface area contributed by atoms with Gasteiger partial charge < -0.3 is 10.2 Å². The molecule has 7 nitrogen and oxygen atoms in total. The number of rotatable bonds is 3. The highest BCUT2D eigenvalue weighted by Crippen LogP contribution is 2.31. The van der Waals surface area contributed by atoms with Crippen LogP contribution in [-0.4, -0.2) is 41.6 Å². The van der Waals surface area contributed by atoms with Crippen LogP contribution < -0.4 is 10.6 Å². The fourth-order valence-corrected chi connectivity index (χ4v) is 2.90. The first-order chi connectivity index (χ1) is 10.0. The van der Waals surface area contributed by atoms with Crippen LogP contribution >= 0.6 is 11.3 Å². The molecular weight excluding hydrogens is 294 g/mol. The number of amides is 4. The Morgan fingerprint density at radius 2 is 1.86 bits per heavy atom. The van der Waals surface area contributed by atoms with E-state index in [9.17, 15) is 19.2 Å². The molecule has 1 saturated carbocycles. The van der Waals surface area contributed by atoms with Crippen LogP contribution in [0.2, 0.25) is 0 Å². The third-order valence-electron chi connectivity index (χ3n) is 3.25. The zero-order chi connectivity index (χ0) is 15.0. The number of anilines is 1. The lowest BCUT2D eigenvalue weighted by Crippen LogP contribution is -2.53. The standard InChI is InChI=1S/C13H13N3O4S/c17-9-5-16(6-10(18)14-9)13(20)8-3-4-11(21-8)15-12(19)7-1-2-7/h3-4,7H,1-2,5-6H2,(H,15,19)(H,14,17,18). The molecule has 0 bridgehead atoms. The highest BCUT2D eigenvalue weighted by Gasteiger charge is 2.31. The molecule has 21 heavy (non-hydrogen) atoms. The van der Waals surface area contributed by atoms with E-state index < -0.39 is 11.8 Å². The molecule has 0 aromatic carbocycles. The number of imide groups is 1. The maximum atomic E-state index is 12.2. The molecule has 1 aliphatic carbocycles. The van der Waals surface area contributed by atoms with Crippen LogP contribution in [0.3, 0.4) is 0 Å². The molecule has 0 radical (unpaired) electrons. The molecular formula is C13H13N3O4S. The van der Waals surface area contributed by atoms with Crippen molar-refractivity contribution in [1.29, 1.82) is 0 Å². The number of carbonyl (C=O) groups excluding carboxylic acids is 4. The van der Waals surface area contributed by atoms with Crippen LogP contribution in [0.1, 0.15) is 22.5 Å². The van der Waals surface area contributed by atoms with Crippen molar-refractivity contribution in [3.05, 3.63) is 17.0 Å². The van der Waals surface area contributed by atoms with E-state index in [0.717, 1.165) is 24.2 Å². The predicted octanol–water partition coefficient (Wildman–Crippen LogP) is 0.195. The fraction of sp³-hybridized carbons (Fsp3) is 0.385. The summed E-state index contributed by atoms with van der Waals surface area (Å²) in [5.41, 5.74) is 0. The van der Waals surface area contributed by atoms with Crippen LogP contribution in [0, 0.1) is 5.92 Å². The average Bonchev–Trinajstić information content (AvgIpc) is 3.18. The van der Waals surface area contributed by atoms with Gasteiger partial charge in [-0.2, -0.15) is 0 Å². The first-order valence-corrected chi connectivity index (χ1v) is 7.37. The summed E-state index contributed by atoms with van der Waals surface area (Å²) in [4.78, 5) is 48.0. The molecule has 2 N–H and O–H groups in total. The second-order valence-electron chi connectivity index (χ2n) is 5.06. The number of nitrogens with zero attached hydrogens (tertiary/aromatic N) is 1. The van der Waals surface area contributed by atoms with Crippen molar-refractivity contribution >= 4 is 40.0 Å². The van der Waals surface area contributed by atoms with Crippen LogP contribution in [0.5, 0.6) is 0 Å². The van der Waals surface area contributed by atoms with Crippen molar-refractivity contribution in [2.24, 2.45) is 5.92 Å². The summed E-state index contributed by atoms with van der Waals surface area (Å²) in [6.07, 6.45) is 1.82. The quantitative estimate of drug-likeness (QED) is 0.780. The maximum absolute atomic E-state index is 12.2. The lowest BCUT2D eigenvalue weighted by atomic mass is 10.3. The molecule has 3 rings (SSSR count). The smallest absolute Gasteiger partial charge is 0.264 e. The van der Waals surface area contributed by atoms with Gasteiger partial charge in [-0.05, 0) is 25.0 Å². The van der Waals surface area contributed by atoms with Crippen LogP contribution in [-0.2, 0) is 14.4 Å². The van der Waals surface area contributed by atoms with Crippen molar-refractivity contribution in [2.45, 2.75) is 12.8 Å². The number of thiophene rings is 1. The Labute approximate surface area is 124 Å². The van der Waals surface area contributed by atoms with Crippen LogP contribution in [0.15, 0.2) is 12.1 Å². The lowest BCUT2D eigenvalue weighted by Gasteiger charge is -2.24. The number of carbonyl (C=O) groups is 4.